The standard InChI is InChI=1S/C15H25N3O/c1-11-6-8-18(10-14(11)19-4)15-9-13(5-7-17-15)12(2)16-3/h5,7,9,11-12,14,16H,6,8,10H2,1-4H3. The van der Waals surface area contributed by atoms with Crippen molar-refractivity contribution in [3.8, 4) is 0 Å². The van der Waals surface area contributed by atoms with E-state index in [1.165, 1.54) is 5.56 Å². The van der Waals surface area contributed by atoms with E-state index in [1.54, 1.807) is 7.11 Å². The molecule has 1 aromatic heterocycles. The third-order valence-corrected chi connectivity index (χ3v) is 4.22. The van der Waals surface area contributed by atoms with E-state index in [9.17, 15) is 0 Å². The third-order valence-electron chi connectivity index (χ3n) is 4.22. The van der Waals surface area contributed by atoms with Gasteiger partial charge in [0.25, 0.3) is 0 Å². The molecular weight excluding hydrogens is 238 g/mol. The van der Waals surface area contributed by atoms with Gasteiger partial charge < -0.3 is 15.0 Å². The van der Waals surface area contributed by atoms with Crippen molar-refractivity contribution in [2.75, 3.05) is 32.1 Å². The molecule has 0 aliphatic carbocycles. The zero-order valence-electron chi connectivity index (χ0n) is 12.4. The predicted octanol–water partition coefficient (Wildman–Crippen LogP) is 2.22. The van der Waals surface area contributed by atoms with Crippen LogP contribution in [0.4, 0.5) is 5.82 Å². The maximum absolute atomic E-state index is 5.57. The minimum Gasteiger partial charge on any atom is -0.379 e. The Bertz CT molecular complexity index is 410. The second-order valence-corrected chi connectivity index (χ2v) is 5.44. The Morgan fingerprint density at radius 3 is 3.00 bits per heavy atom. The molecule has 1 saturated heterocycles. The van der Waals surface area contributed by atoms with Crippen molar-refractivity contribution in [2.45, 2.75) is 32.4 Å². The molecule has 3 atom stereocenters. The lowest BCUT2D eigenvalue weighted by molar-refractivity contribution is 0.0496. The maximum atomic E-state index is 5.57. The highest BCUT2D eigenvalue weighted by molar-refractivity contribution is 5.42. The Kier molecular flexibility index (Phi) is 4.77. The maximum Gasteiger partial charge on any atom is 0.128 e. The molecule has 0 spiro atoms. The fraction of sp³-hybridized carbons (Fsp3) is 0.667. The highest BCUT2D eigenvalue weighted by Crippen LogP contribution is 2.25. The van der Waals surface area contributed by atoms with Gasteiger partial charge in [0.05, 0.1) is 6.10 Å². The zero-order valence-corrected chi connectivity index (χ0v) is 12.4. The molecule has 0 bridgehead atoms. The molecule has 1 aliphatic rings. The number of hydrogen-bond acceptors (Lipinski definition) is 4. The average Bonchev–Trinajstić information content (AvgIpc) is 2.47. The molecule has 1 aliphatic heterocycles. The van der Waals surface area contributed by atoms with E-state index < -0.39 is 0 Å². The smallest absolute Gasteiger partial charge is 0.128 e. The van der Waals surface area contributed by atoms with Gasteiger partial charge in [0.1, 0.15) is 5.82 Å². The molecule has 0 amide bonds. The molecule has 0 saturated carbocycles. The van der Waals surface area contributed by atoms with Crippen molar-refractivity contribution in [2.24, 2.45) is 5.92 Å². The van der Waals surface area contributed by atoms with Crippen molar-refractivity contribution < 1.29 is 4.74 Å². The Balaban J connectivity index is 2.13. The summed E-state index contributed by atoms with van der Waals surface area (Å²) in [6.07, 6.45) is 3.37. The first-order valence-electron chi connectivity index (χ1n) is 7.06. The summed E-state index contributed by atoms with van der Waals surface area (Å²) < 4.78 is 5.57. The molecule has 1 aromatic rings. The number of rotatable bonds is 4. The lowest BCUT2D eigenvalue weighted by Gasteiger charge is -2.37. The van der Waals surface area contributed by atoms with E-state index in [4.69, 9.17) is 4.74 Å². The molecular formula is C15H25N3O. The van der Waals surface area contributed by atoms with Crippen LogP contribution in [0.5, 0.6) is 0 Å². The van der Waals surface area contributed by atoms with E-state index >= 15 is 0 Å². The third kappa shape index (κ3) is 3.25. The lowest BCUT2D eigenvalue weighted by Crippen LogP contribution is -2.44. The van der Waals surface area contributed by atoms with Gasteiger partial charge in [-0.3, -0.25) is 0 Å². The van der Waals surface area contributed by atoms with Gasteiger partial charge in [0.15, 0.2) is 0 Å². The number of anilines is 1. The first kappa shape index (κ1) is 14.3. The number of pyridine rings is 1. The van der Waals surface area contributed by atoms with Gasteiger partial charge >= 0.3 is 0 Å². The molecule has 1 fully saturated rings. The summed E-state index contributed by atoms with van der Waals surface area (Å²) >= 11 is 0. The fourth-order valence-corrected chi connectivity index (χ4v) is 2.59. The van der Waals surface area contributed by atoms with Crippen LogP contribution < -0.4 is 10.2 Å². The largest absolute Gasteiger partial charge is 0.379 e. The number of nitrogens with one attached hydrogen (secondary N) is 1. The number of nitrogens with zero attached hydrogens (tertiary/aromatic N) is 2. The van der Waals surface area contributed by atoms with Gasteiger partial charge in [-0.25, -0.2) is 4.98 Å². The van der Waals surface area contributed by atoms with Crippen molar-refractivity contribution in [3.05, 3.63) is 23.9 Å². The van der Waals surface area contributed by atoms with Crippen LogP contribution in [0.1, 0.15) is 31.9 Å². The van der Waals surface area contributed by atoms with Gasteiger partial charge in [-0.15, -0.1) is 0 Å². The monoisotopic (exact) mass is 263 g/mol. The topological polar surface area (TPSA) is 37.4 Å². The Labute approximate surface area is 116 Å². The summed E-state index contributed by atoms with van der Waals surface area (Å²) in [4.78, 5) is 6.85. The first-order chi connectivity index (χ1) is 9.15. The number of piperidine rings is 1. The van der Waals surface area contributed by atoms with Gasteiger partial charge in [0.2, 0.25) is 0 Å². The minimum absolute atomic E-state index is 0.306. The number of ether oxygens (including phenoxy) is 1. The number of aromatic nitrogens is 1. The van der Waals surface area contributed by atoms with E-state index in [1.807, 2.05) is 13.2 Å². The molecule has 0 aromatic carbocycles. The molecule has 19 heavy (non-hydrogen) atoms. The van der Waals surface area contributed by atoms with Crippen molar-refractivity contribution in [1.82, 2.24) is 10.3 Å². The number of methoxy groups -OCH3 is 1. The quantitative estimate of drug-likeness (QED) is 0.904. The lowest BCUT2D eigenvalue weighted by atomic mass is 9.95. The average molecular weight is 263 g/mol. The summed E-state index contributed by atoms with van der Waals surface area (Å²) in [6.45, 7) is 6.42. The summed E-state index contributed by atoms with van der Waals surface area (Å²) in [5.41, 5.74) is 1.28. The van der Waals surface area contributed by atoms with Crippen LogP contribution in [0.2, 0.25) is 0 Å². The van der Waals surface area contributed by atoms with Gasteiger partial charge in [-0.2, -0.15) is 0 Å². The fourth-order valence-electron chi connectivity index (χ4n) is 2.59. The summed E-state index contributed by atoms with van der Waals surface area (Å²) in [5.74, 6) is 1.69. The van der Waals surface area contributed by atoms with Crippen LogP contribution in [0.25, 0.3) is 0 Å². The van der Waals surface area contributed by atoms with Crippen LogP contribution >= 0.6 is 0 Å². The zero-order chi connectivity index (χ0) is 13.8. The Morgan fingerprint density at radius 2 is 2.32 bits per heavy atom. The molecule has 106 valence electrons. The highest BCUT2D eigenvalue weighted by atomic mass is 16.5. The van der Waals surface area contributed by atoms with Gasteiger partial charge in [-0.05, 0) is 44.0 Å². The number of hydrogen-bond donors (Lipinski definition) is 1. The van der Waals surface area contributed by atoms with Gasteiger partial charge in [0, 0.05) is 32.4 Å². The molecule has 0 radical (unpaired) electrons. The van der Waals surface area contributed by atoms with E-state index in [2.05, 4.69) is 41.2 Å². The summed E-state index contributed by atoms with van der Waals surface area (Å²) in [7, 11) is 3.78. The summed E-state index contributed by atoms with van der Waals surface area (Å²) in [5, 5.41) is 3.27. The molecule has 2 heterocycles. The van der Waals surface area contributed by atoms with Crippen LogP contribution in [-0.4, -0.2) is 38.3 Å². The van der Waals surface area contributed by atoms with Crippen molar-refractivity contribution >= 4 is 5.82 Å². The molecule has 3 unspecified atom stereocenters. The van der Waals surface area contributed by atoms with Crippen LogP contribution in [0.15, 0.2) is 18.3 Å². The first-order valence-corrected chi connectivity index (χ1v) is 7.06. The van der Waals surface area contributed by atoms with E-state index in [0.717, 1.165) is 25.3 Å². The van der Waals surface area contributed by atoms with Crippen LogP contribution in [0.3, 0.4) is 0 Å². The van der Waals surface area contributed by atoms with Gasteiger partial charge in [-0.1, -0.05) is 6.92 Å². The van der Waals surface area contributed by atoms with E-state index in [-0.39, 0.29) is 0 Å². The molecule has 4 heteroatoms. The SMILES string of the molecule is CNC(C)c1ccnc(N2CCC(C)C(OC)C2)c1. The summed E-state index contributed by atoms with van der Waals surface area (Å²) in [6, 6.07) is 4.61. The van der Waals surface area contributed by atoms with E-state index in [0.29, 0.717) is 18.1 Å². The minimum atomic E-state index is 0.306. The normalized spacial score (nSPS) is 25.4. The predicted molar refractivity (Wildman–Crippen MR) is 78.5 cm³/mol. The molecule has 4 nitrogen and oxygen atoms in total. The Morgan fingerprint density at radius 1 is 1.53 bits per heavy atom. The molecule has 2 rings (SSSR count). The van der Waals surface area contributed by atoms with Crippen molar-refractivity contribution in [1.29, 1.82) is 0 Å². The van der Waals surface area contributed by atoms with Crippen molar-refractivity contribution in [3.63, 3.8) is 0 Å². The van der Waals surface area contributed by atoms with Crippen LogP contribution in [0, 0.1) is 5.92 Å². The Hall–Kier alpha value is -1.13. The van der Waals surface area contributed by atoms with Crippen LogP contribution in [-0.2, 0) is 4.74 Å². The second-order valence-electron chi connectivity index (χ2n) is 5.44. The molecule has 1 N–H and O–H groups in total. The second kappa shape index (κ2) is 6.35. The highest BCUT2D eigenvalue weighted by Gasteiger charge is 2.26.